The molecule has 2 aliphatic heterocycles. The minimum absolute atomic E-state index is 0.0822. The second-order valence-electron chi connectivity index (χ2n) is 6.47. The van der Waals surface area contributed by atoms with Gasteiger partial charge in [0.15, 0.2) is 11.5 Å². The third-order valence-corrected chi connectivity index (χ3v) is 4.66. The Morgan fingerprint density at radius 2 is 2.19 bits per heavy atom. The number of fused-ring (bicyclic) bond motifs is 1. The summed E-state index contributed by atoms with van der Waals surface area (Å²) in [5, 5.41) is 3.11. The van der Waals surface area contributed by atoms with Gasteiger partial charge in [-0.05, 0) is 30.2 Å². The summed E-state index contributed by atoms with van der Waals surface area (Å²) in [6, 6.07) is 9.29. The Kier molecular flexibility index (Phi) is 4.62. The second-order valence-corrected chi connectivity index (χ2v) is 6.47. The van der Waals surface area contributed by atoms with Crippen LogP contribution < -0.4 is 19.5 Å². The molecule has 7 nitrogen and oxygen atoms in total. The zero-order chi connectivity index (χ0) is 17.9. The highest BCUT2D eigenvalue weighted by Crippen LogP contribution is 2.32. The Bertz CT molecular complexity index is 794. The van der Waals surface area contributed by atoms with E-state index >= 15 is 0 Å². The lowest BCUT2D eigenvalue weighted by Crippen LogP contribution is -2.36. The number of pyridine rings is 1. The molecule has 1 aromatic heterocycles. The molecule has 0 radical (unpaired) electrons. The van der Waals surface area contributed by atoms with Crippen molar-refractivity contribution in [1.29, 1.82) is 0 Å². The van der Waals surface area contributed by atoms with Crippen molar-refractivity contribution in [2.75, 3.05) is 27.0 Å². The van der Waals surface area contributed by atoms with Gasteiger partial charge in [0.05, 0.1) is 7.11 Å². The molecule has 0 saturated carbocycles. The van der Waals surface area contributed by atoms with E-state index in [9.17, 15) is 4.79 Å². The molecule has 4 rings (SSSR count). The fraction of sp³-hybridized carbons (Fsp3) is 0.368. The van der Waals surface area contributed by atoms with Crippen LogP contribution in [0.3, 0.4) is 0 Å². The molecule has 1 aromatic carbocycles. The predicted octanol–water partition coefficient (Wildman–Crippen LogP) is 1.82. The normalized spacial score (nSPS) is 18.7. The van der Waals surface area contributed by atoms with E-state index in [0.717, 1.165) is 31.6 Å². The number of carbonyl (C=O) groups excluding carboxylic acids is 1. The number of hydrogen-bond donors (Lipinski definition) is 1. The van der Waals surface area contributed by atoms with E-state index in [4.69, 9.17) is 14.2 Å². The van der Waals surface area contributed by atoms with Crippen LogP contribution in [0.4, 0.5) is 0 Å². The first-order chi connectivity index (χ1) is 12.7. The zero-order valence-corrected chi connectivity index (χ0v) is 14.6. The van der Waals surface area contributed by atoms with Crippen molar-refractivity contribution < 1.29 is 19.0 Å². The Morgan fingerprint density at radius 1 is 1.31 bits per heavy atom. The first-order valence-electron chi connectivity index (χ1n) is 8.63. The molecule has 7 heteroatoms. The molecule has 0 unspecified atom stereocenters. The lowest BCUT2D eigenvalue weighted by molar-refractivity contribution is 0.0937. The van der Waals surface area contributed by atoms with Crippen LogP contribution in [0, 0.1) is 0 Å². The molecular weight excluding hydrogens is 334 g/mol. The summed E-state index contributed by atoms with van der Waals surface area (Å²) in [5.74, 6) is 1.84. The summed E-state index contributed by atoms with van der Waals surface area (Å²) in [6.07, 6.45) is 2.76. The molecule has 1 N–H and O–H groups in total. The number of carbonyl (C=O) groups is 1. The van der Waals surface area contributed by atoms with Crippen molar-refractivity contribution in [1.82, 2.24) is 15.2 Å². The lowest BCUT2D eigenvalue weighted by atomic mass is 10.1. The van der Waals surface area contributed by atoms with E-state index in [2.05, 4.69) is 15.2 Å². The molecule has 1 saturated heterocycles. The molecule has 2 aromatic rings. The quantitative estimate of drug-likeness (QED) is 0.882. The van der Waals surface area contributed by atoms with E-state index in [0.29, 0.717) is 22.9 Å². The molecule has 136 valence electrons. The second kappa shape index (κ2) is 7.21. The highest BCUT2D eigenvalue weighted by Gasteiger charge is 2.25. The van der Waals surface area contributed by atoms with E-state index < -0.39 is 0 Å². The Morgan fingerprint density at radius 3 is 3.00 bits per heavy atom. The highest BCUT2D eigenvalue weighted by molar-refractivity contribution is 5.95. The maximum atomic E-state index is 12.5. The van der Waals surface area contributed by atoms with E-state index in [1.165, 1.54) is 0 Å². The van der Waals surface area contributed by atoms with Crippen molar-refractivity contribution in [2.24, 2.45) is 0 Å². The molecule has 2 aliphatic rings. The average Bonchev–Trinajstić information content (AvgIpc) is 3.31. The number of nitrogens with one attached hydrogen (secondary N) is 1. The number of amides is 1. The van der Waals surface area contributed by atoms with Crippen molar-refractivity contribution in [3.8, 4) is 17.4 Å². The van der Waals surface area contributed by atoms with Crippen molar-refractivity contribution in [3.63, 3.8) is 0 Å². The maximum absolute atomic E-state index is 12.5. The van der Waals surface area contributed by atoms with E-state index in [1.807, 2.05) is 18.3 Å². The molecule has 0 spiro atoms. The van der Waals surface area contributed by atoms with Crippen LogP contribution in [0.25, 0.3) is 0 Å². The van der Waals surface area contributed by atoms with Crippen LogP contribution in [0.5, 0.6) is 17.4 Å². The average molecular weight is 355 g/mol. The SMILES string of the molecule is COc1ccc(CN2CC[C@@H](NC(=O)c3ccc4c(c3)OCO4)C2)cn1. The minimum atomic E-state index is -0.0822. The fourth-order valence-corrected chi connectivity index (χ4v) is 3.28. The summed E-state index contributed by atoms with van der Waals surface area (Å²) in [6.45, 7) is 2.78. The van der Waals surface area contributed by atoms with Gasteiger partial charge in [0.25, 0.3) is 5.91 Å². The van der Waals surface area contributed by atoms with Gasteiger partial charge in [-0.3, -0.25) is 9.69 Å². The Balaban J connectivity index is 1.31. The Labute approximate surface area is 151 Å². The summed E-state index contributed by atoms with van der Waals surface area (Å²) >= 11 is 0. The number of hydrogen-bond acceptors (Lipinski definition) is 6. The lowest BCUT2D eigenvalue weighted by Gasteiger charge is -2.17. The van der Waals surface area contributed by atoms with Gasteiger partial charge >= 0.3 is 0 Å². The third kappa shape index (κ3) is 3.57. The van der Waals surface area contributed by atoms with Crippen LogP contribution in [0.1, 0.15) is 22.3 Å². The van der Waals surface area contributed by atoms with Gasteiger partial charge in [-0.25, -0.2) is 4.98 Å². The van der Waals surface area contributed by atoms with Crippen molar-refractivity contribution in [3.05, 3.63) is 47.7 Å². The molecule has 0 bridgehead atoms. The summed E-state index contributed by atoms with van der Waals surface area (Å²) < 4.78 is 15.7. The highest BCUT2D eigenvalue weighted by atomic mass is 16.7. The first kappa shape index (κ1) is 16.7. The third-order valence-electron chi connectivity index (χ3n) is 4.66. The number of methoxy groups -OCH3 is 1. The number of rotatable bonds is 5. The standard InChI is InChI=1S/C19H21N3O4/c1-24-18-5-2-13(9-20-18)10-22-7-6-15(11-22)21-19(23)14-3-4-16-17(8-14)26-12-25-16/h2-5,8-9,15H,6-7,10-12H2,1H3,(H,21,23)/t15-/m1/s1. The topological polar surface area (TPSA) is 72.9 Å². The molecular formula is C19H21N3O4. The number of benzene rings is 1. The summed E-state index contributed by atoms with van der Waals surface area (Å²) in [7, 11) is 1.61. The molecule has 1 amide bonds. The van der Waals surface area contributed by atoms with Gasteiger partial charge < -0.3 is 19.5 Å². The molecule has 3 heterocycles. The van der Waals surface area contributed by atoms with Gasteiger partial charge in [-0.1, -0.05) is 6.07 Å². The van der Waals surface area contributed by atoms with Crippen molar-refractivity contribution >= 4 is 5.91 Å². The molecule has 26 heavy (non-hydrogen) atoms. The van der Waals surface area contributed by atoms with Crippen LogP contribution in [-0.2, 0) is 6.54 Å². The molecule has 1 fully saturated rings. The van der Waals surface area contributed by atoms with Crippen LogP contribution >= 0.6 is 0 Å². The first-order valence-corrected chi connectivity index (χ1v) is 8.63. The van der Waals surface area contributed by atoms with Gasteiger partial charge in [-0.15, -0.1) is 0 Å². The Hall–Kier alpha value is -2.80. The predicted molar refractivity (Wildman–Crippen MR) is 94.5 cm³/mol. The molecule has 0 aliphatic carbocycles. The monoisotopic (exact) mass is 355 g/mol. The zero-order valence-electron chi connectivity index (χ0n) is 14.6. The number of ether oxygens (including phenoxy) is 3. The van der Waals surface area contributed by atoms with Crippen LogP contribution in [0.2, 0.25) is 0 Å². The van der Waals surface area contributed by atoms with E-state index in [1.54, 1.807) is 25.3 Å². The fourth-order valence-electron chi connectivity index (χ4n) is 3.28. The van der Waals surface area contributed by atoms with Gasteiger partial charge in [0.2, 0.25) is 12.7 Å². The van der Waals surface area contributed by atoms with Gasteiger partial charge in [0.1, 0.15) is 0 Å². The maximum Gasteiger partial charge on any atom is 0.251 e. The van der Waals surface area contributed by atoms with Crippen molar-refractivity contribution in [2.45, 2.75) is 19.0 Å². The van der Waals surface area contributed by atoms with Gasteiger partial charge in [0, 0.05) is 43.5 Å². The van der Waals surface area contributed by atoms with E-state index in [-0.39, 0.29) is 18.7 Å². The largest absolute Gasteiger partial charge is 0.481 e. The smallest absolute Gasteiger partial charge is 0.251 e. The van der Waals surface area contributed by atoms with Gasteiger partial charge in [-0.2, -0.15) is 0 Å². The molecule has 1 atom stereocenters. The number of likely N-dealkylation sites (tertiary alicyclic amines) is 1. The number of aromatic nitrogens is 1. The summed E-state index contributed by atoms with van der Waals surface area (Å²) in [5.41, 5.74) is 1.72. The van der Waals surface area contributed by atoms with Crippen LogP contribution in [0.15, 0.2) is 36.5 Å². The minimum Gasteiger partial charge on any atom is -0.481 e. The summed E-state index contributed by atoms with van der Waals surface area (Å²) in [4.78, 5) is 19.0. The number of nitrogens with zero attached hydrogens (tertiary/aromatic N) is 2. The van der Waals surface area contributed by atoms with Crippen LogP contribution in [-0.4, -0.2) is 48.8 Å².